The fourth-order valence-corrected chi connectivity index (χ4v) is 3.60. The highest BCUT2D eigenvalue weighted by atomic mass is 16.2. The van der Waals surface area contributed by atoms with E-state index in [1.165, 1.54) is 13.0 Å². The quantitative estimate of drug-likeness (QED) is 0.569. The van der Waals surface area contributed by atoms with Crippen molar-refractivity contribution in [2.75, 3.05) is 5.32 Å². The summed E-state index contributed by atoms with van der Waals surface area (Å²) >= 11 is 0. The highest BCUT2D eigenvalue weighted by Gasteiger charge is 2.43. The van der Waals surface area contributed by atoms with Crippen LogP contribution < -0.4 is 10.6 Å². The number of amides is 4. The third kappa shape index (κ3) is 3.49. The number of anilines is 1. The van der Waals surface area contributed by atoms with Crippen LogP contribution >= 0.6 is 0 Å². The summed E-state index contributed by atoms with van der Waals surface area (Å²) in [7, 11) is 0. The van der Waals surface area contributed by atoms with Gasteiger partial charge >= 0.3 is 6.03 Å². The number of rotatable bonds is 5. The summed E-state index contributed by atoms with van der Waals surface area (Å²) in [5.41, 5.74) is 2.69. The van der Waals surface area contributed by atoms with Gasteiger partial charge in [0, 0.05) is 29.2 Å². The predicted octanol–water partition coefficient (Wildman–Crippen LogP) is 2.53. The molecule has 0 saturated carbocycles. The van der Waals surface area contributed by atoms with E-state index in [1.54, 1.807) is 18.2 Å². The number of nitrogens with one attached hydrogen (secondary N) is 3. The standard InChI is InChI=1S/C22H19N5O3/c1-13(20(28)25-16-6-4-5-14(9-16)11-23)27-21(29)19(26-22(27)30)10-15-12-24-18-8-3-2-7-17(15)18/h2-9,12-13,19,24H,10H2,1H3,(H,25,28)(H,26,30)/t13-,19+/m0/s1. The summed E-state index contributed by atoms with van der Waals surface area (Å²) in [5, 5.41) is 15.3. The minimum absolute atomic E-state index is 0.323. The van der Waals surface area contributed by atoms with Crippen LogP contribution in [-0.4, -0.2) is 39.8 Å². The minimum atomic E-state index is -1.00. The Balaban J connectivity index is 1.47. The van der Waals surface area contributed by atoms with Crippen LogP contribution in [0.4, 0.5) is 10.5 Å². The molecule has 1 aliphatic rings. The van der Waals surface area contributed by atoms with Crippen LogP contribution in [0.5, 0.6) is 0 Å². The molecule has 1 saturated heterocycles. The molecule has 3 aromatic rings. The number of para-hydroxylation sites is 1. The molecular formula is C22H19N5O3. The second-order valence-electron chi connectivity index (χ2n) is 7.13. The lowest BCUT2D eigenvalue weighted by Crippen LogP contribution is -2.46. The smallest absolute Gasteiger partial charge is 0.325 e. The van der Waals surface area contributed by atoms with E-state index in [0.29, 0.717) is 17.7 Å². The highest BCUT2D eigenvalue weighted by molar-refractivity contribution is 6.09. The van der Waals surface area contributed by atoms with E-state index in [2.05, 4.69) is 15.6 Å². The summed E-state index contributed by atoms with van der Waals surface area (Å²) in [6, 6.07) is 13.8. The van der Waals surface area contributed by atoms with Crippen molar-refractivity contribution >= 4 is 34.4 Å². The van der Waals surface area contributed by atoms with Crippen LogP contribution in [0.3, 0.4) is 0 Å². The first-order chi connectivity index (χ1) is 14.5. The van der Waals surface area contributed by atoms with E-state index in [4.69, 9.17) is 5.26 Å². The van der Waals surface area contributed by atoms with Crippen molar-refractivity contribution in [2.24, 2.45) is 0 Å². The zero-order valence-electron chi connectivity index (χ0n) is 16.2. The van der Waals surface area contributed by atoms with E-state index in [1.807, 2.05) is 36.5 Å². The first-order valence-corrected chi connectivity index (χ1v) is 9.47. The molecule has 30 heavy (non-hydrogen) atoms. The van der Waals surface area contributed by atoms with Gasteiger partial charge in [-0.05, 0) is 36.8 Å². The number of nitriles is 1. The molecule has 0 unspecified atom stereocenters. The Labute approximate surface area is 172 Å². The van der Waals surface area contributed by atoms with Crippen molar-refractivity contribution < 1.29 is 14.4 Å². The number of hydrogen-bond donors (Lipinski definition) is 3. The third-order valence-corrected chi connectivity index (χ3v) is 5.18. The molecule has 0 radical (unpaired) electrons. The Kier molecular flexibility index (Phi) is 4.94. The molecule has 1 fully saturated rings. The number of fused-ring (bicyclic) bond motifs is 1. The number of carbonyl (C=O) groups excluding carboxylic acids is 3. The first kappa shape index (κ1) is 19.2. The summed E-state index contributed by atoms with van der Waals surface area (Å²) < 4.78 is 0. The number of imide groups is 1. The third-order valence-electron chi connectivity index (χ3n) is 5.18. The van der Waals surface area contributed by atoms with Crippen LogP contribution in [0.2, 0.25) is 0 Å². The van der Waals surface area contributed by atoms with Crippen LogP contribution in [-0.2, 0) is 16.0 Å². The number of H-pyrrole nitrogens is 1. The topological polar surface area (TPSA) is 118 Å². The number of aromatic nitrogens is 1. The van der Waals surface area contributed by atoms with E-state index < -0.39 is 29.9 Å². The molecule has 1 aromatic heterocycles. The van der Waals surface area contributed by atoms with E-state index in [-0.39, 0.29) is 0 Å². The van der Waals surface area contributed by atoms with E-state index in [0.717, 1.165) is 21.4 Å². The highest BCUT2D eigenvalue weighted by Crippen LogP contribution is 2.22. The van der Waals surface area contributed by atoms with Crippen molar-refractivity contribution in [2.45, 2.75) is 25.4 Å². The molecule has 150 valence electrons. The molecule has 4 rings (SSSR count). The SMILES string of the molecule is C[C@@H](C(=O)Nc1cccc(C#N)c1)N1C(=O)N[C@H](Cc2c[nH]c3ccccc23)C1=O. The van der Waals surface area contributed by atoms with Gasteiger partial charge in [-0.15, -0.1) is 0 Å². The summed E-state index contributed by atoms with van der Waals surface area (Å²) in [6.45, 7) is 1.50. The van der Waals surface area contributed by atoms with Gasteiger partial charge in [-0.1, -0.05) is 24.3 Å². The van der Waals surface area contributed by atoms with Gasteiger partial charge in [-0.3, -0.25) is 14.5 Å². The fraction of sp³-hybridized carbons (Fsp3) is 0.182. The average molecular weight is 401 g/mol. The van der Waals surface area contributed by atoms with E-state index >= 15 is 0 Å². The van der Waals surface area contributed by atoms with E-state index in [9.17, 15) is 14.4 Å². The first-order valence-electron chi connectivity index (χ1n) is 9.47. The number of nitrogens with zero attached hydrogens (tertiary/aromatic N) is 2. The normalized spacial score (nSPS) is 16.9. The minimum Gasteiger partial charge on any atom is -0.361 e. The molecule has 0 spiro atoms. The van der Waals surface area contributed by atoms with Gasteiger partial charge in [0.1, 0.15) is 12.1 Å². The lowest BCUT2D eigenvalue weighted by atomic mass is 10.0. The molecule has 2 aromatic carbocycles. The van der Waals surface area contributed by atoms with Gasteiger partial charge < -0.3 is 15.6 Å². The number of aromatic amines is 1. The van der Waals surface area contributed by atoms with Gasteiger partial charge in [0.2, 0.25) is 5.91 Å². The molecule has 2 heterocycles. The maximum Gasteiger partial charge on any atom is 0.325 e. The molecule has 0 aliphatic carbocycles. The Morgan fingerprint density at radius 1 is 1.23 bits per heavy atom. The summed E-state index contributed by atoms with van der Waals surface area (Å²) in [5.74, 6) is -0.958. The molecule has 1 aliphatic heterocycles. The Bertz CT molecular complexity index is 1190. The lowest BCUT2D eigenvalue weighted by Gasteiger charge is -2.21. The van der Waals surface area contributed by atoms with Gasteiger partial charge in [-0.2, -0.15) is 5.26 Å². The van der Waals surface area contributed by atoms with Crippen LogP contribution in [0.15, 0.2) is 54.7 Å². The van der Waals surface area contributed by atoms with Crippen LogP contribution in [0, 0.1) is 11.3 Å². The summed E-state index contributed by atoms with van der Waals surface area (Å²) in [4.78, 5) is 42.1. The second-order valence-corrected chi connectivity index (χ2v) is 7.13. The average Bonchev–Trinajstić information content (AvgIpc) is 3.28. The lowest BCUT2D eigenvalue weighted by molar-refractivity contribution is -0.133. The van der Waals surface area contributed by atoms with Crippen molar-refractivity contribution in [1.82, 2.24) is 15.2 Å². The van der Waals surface area contributed by atoms with Crippen molar-refractivity contribution in [3.05, 3.63) is 65.9 Å². The molecule has 8 nitrogen and oxygen atoms in total. The Morgan fingerprint density at radius 3 is 2.83 bits per heavy atom. The van der Waals surface area contributed by atoms with Crippen molar-refractivity contribution in [3.8, 4) is 6.07 Å². The number of carbonyl (C=O) groups is 3. The molecule has 4 amide bonds. The van der Waals surface area contributed by atoms with Crippen LogP contribution in [0.1, 0.15) is 18.1 Å². The Hall–Kier alpha value is -4.12. The molecular weight excluding hydrogens is 382 g/mol. The molecule has 0 bridgehead atoms. The number of hydrogen-bond acceptors (Lipinski definition) is 4. The Morgan fingerprint density at radius 2 is 2.03 bits per heavy atom. The maximum absolute atomic E-state index is 12.9. The maximum atomic E-state index is 12.9. The van der Waals surface area contributed by atoms with Gasteiger partial charge in [0.25, 0.3) is 5.91 Å². The second kappa shape index (κ2) is 7.72. The largest absolute Gasteiger partial charge is 0.361 e. The zero-order chi connectivity index (χ0) is 21.3. The monoisotopic (exact) mass is 401 g/mol. The van der Waals surface area contributed by atoms with Gasteiger partial charge in [0.15, 0.2) is 0 Å². The molecule has 3 N–H and O–H groups in total. The fourth-order valence-electron chi connectivity index (χ4n) is 3.60. The summed E-state index contributed by atoms with van der Waals surface area (Å²) in [6.07, 6.45) is 2.15. The zero-order valence-corrected chi connectivity index (χ0v) is 16.2. The van der Waals surface area contributed by atoms with Gasteiger partial charge in [0.05, 0.1) is 11.6 Å². The molecule has 2 atom stereocenters. The van der Waals surface area contributed by atoms with Crippen molar-refractivity contribution in [1.29, 1.82) is 5.26 Å². The van der Waals surface area contributed by atoms with Crippen LogP contribution in [0.25, 0.3) is 10.9 Å². The molecule has 8 heteroatoms. The van der Waals surface area contributed by atoms with Gasteiger partial charge in [-0.25, -0.2) is 4.79 Å². The number of benzene rings is 2. The van der Waals surface area contributed by atoms with Crippen molar-refractivity contribution in [3.63, 3.8) is 0 Å². The predicted molar refractivity (Wildman–Crippen MR) is 110 cm³/mol. The number of urea groups is 1.